The van der Waals surface area contributed by atoms with Crippen LogP contribution in [0, 0.1) is 5.92 Å². The minimum atomic E-state index is 0. The quantitative estimate of drug-likeness (QED) is 0.839. The fourth-order valence-corrected chi connectivity index (χ4v) is 2.58. The summed E-state index contributed by atoms with van der Waals surface area (Å²) in [5.74, 6) is 0.634. The molecule has 3 heteroatoms. The molecule has 0 unspecified atom stereocenters. The Balaban J connectivity index is 0.00000112. The Kier molecular flexibility index (Phi) is 4.91. The van der Waals surface area contributed by atoms with Crippen molar-refractivity contribution in [2.45, 2.75) is 31.7 Å². The number of nitrogens with two attached hydrogens (primary N) is 1. The molecule has 1 aliphatic carbocycles. The van der Waals surface area contributed by atoms with E-state index in [4.69, 9.17) is 17.3 Å². The minimum absolute atomic E-state index is 0. The van der Waals surface area contributed by atoms with Gasteiger partial charge in [0.05, 0.1) is 0 Å². The molecule has 84 valence electrons. The maximum absolute atomic E-state index is 6.22. The van der Waals surface area contributed by atoms with Crippen LogP contribution >= 0.6 is 24.0 Å². The second kappa shape index (κ2) is 5.74. The smallest absolute Gasteiger partial charge is 0.0453 e. The summed E-state index contributed by atoms with van der Waals surface area (Å²) in [6.45, 7) is 0. The van der Waals surface area contributed by atoms with Gasteiger partial charge in [0.15, 0.2) is 0 Å². The minimum Gasteiger partial charge on any atom is -0.324 e. The number of hydrogen-bond donors (Lipinski definition) is 1. The van der Waals surface area contributed by atoms with Crippen LogP contribution in [-0.2, 0) is 0 Å². The van der Waals surface area contributed by atoms with E-state index < -0.39 is 0 Å². The van der Waals surface area contributed by atoms with Crippen LogP contribution < -0.4 is 5.73 Å². The van der Waals surface area contributed by atoms with Gasteiger partial charge in [0, 0.05) is 11.1 Å². The number of halogens is 2. The van der Waals surface area contributed by atoms with Crippen molar-refractivity contribution in [3.05, 3.63) is 34.9 Å². The zero-order valence-corrected chi connectivity index (χ0v) is 10.2. The summed E-state index contributed by atoms with van der Waals surface area (Å²) in [5, 5.41) is 0.812. The molecule has 1 nitrogen and oxygen atoms in total. The molecule has 1 aromatic carbocycles. The van der Waals surface area contributed by atoms with Crippen LogP contribution in [0.2, 0.25) is 5.02 Å². The molecule has 2 N–H and O–H groups in total. The molecule has 1 saturated carbocycles. The van der Waals surface area contributed by atoms with Gasteiger partial charge in [-0.15, -0.1) is 12.4 Å². The summed E-state index contributed by atoms with van der Waals surface area (Å²) >= 11 is 6.12. The Bertz CT molecular complexity index is 308. The third-order valence-corrected chi connectivity index (χ3v) is 3.52. The third-order valence-electron chi connectivity index (χ3n) is 3.17. The molecule has 1 aromatic rings. The topological polar surface area (TPSA) is 26.0 Å². The van der Waals surface area contributed by atoms with Crippen molar-refractivity contribution in [3.8, 4) is 0 Å². The van der Waals surface area contributed by atoms with Crippen molar-refractivity contribution in [1.82, 2.24) is 0 Å². The van der Waals surface area contributed by atoms with E-state index in [1.165, 1.54) is 25.7 Å². The van der Waals surface area contributed by atoms with Gasteiger partial charge in [-0.05, 0) is 30.4 Å². The average Bonchev–Trinajstić information content (AvgIpc) is 2.70. The normalized spacial score (nSPS) is 18.5. The maximum atomic E-state index is 6.22. The first-order valence-corrected chi connectivity index (χ1v) is 5.67. The van der Waals surface area contributed by atoms with Crippen molar-refractivity contribution in [3.63, 3.8) is 0 Å². The van der Waals surface area contributed by atoms with Crippen molar-refractivity contribution in [1.29, 1.82) is 0 Å². The highest BCUT2D eigenvalue weighted by Gasteiger charge is 2.24. The van der Waals surface area contributed by atoms with Gasteiger partial charge < -0.3 is 5.73 Å². The number of hydrogen-bond acceptors (Lipinski definition) is 1. The van der Waals surface area contributed by atoms with E-state index in [0.717, 1.165) is 10.6 Å². The Labute approximate surface area is 102 Å². The van der Waals surface area contributed by atoms with Gasteiger partial charge in [-0.2, -0.15) is 0 Å². The van der Waals surface area contributed by atoms with E-state index in [2.05, 4.69) is 0 Å². The molecule has 0 aromatic heterocycles. The highest BCUT2D eigenvalue weighted by atomic mass is 35.5. The summed E-state index contributed by atoms with van der Waals surface area (Å²) in [4.78, 5) is 0. The van der Waals surface area contributed by atoms with Crippen LogP contribution in [0.5, 0.6) is 0 Å². The average molecular weight is 246 g/mol. The van der Waals surface area contributed by atoms with Gasteiger partial charge >= 0.3 is 0 Å². The van der Waals surface area contributed by atoms with E-state index >= 15 is 0 Å². The lowest BCUT2D eigenvalue weighted by Crippen LogP contribution is -2.19. The lowest BCUT2D eigenvalue weighted by Gasteiger charge is -2.20. The largest absolute Gasteiger partial charge is 0.324 e. The molecular formula is C12H17Cl2N. The molecular weight excluding hydrogens is 229 g/mol. The molecule has 2 rings (SSSR count). The van der Waals surface area contributed by atoms with E-state index in [1.807, 2.05) is 24.3 Å². The highest BCUT2D eigenvalue weighted by Crippen LogP contribution is 2.36. The molecule has 0 saturated heterocycles. The summed E-state index contributed by atoms with van der Waals surface area (Å²) in [6, 6.07) is 8.06. The lowest BCUT2D eigenvalue weighted by molar-refractivity contribution is 0.445. The van der Waals surface area contributed by atoms with Crippen LogP contribution in [0.4, 0.5) is 0 Å². The van der Waals surface area contributed by atoms with E-state index in [1.54, 1.807) is 0 Å². The first-order valence-electron chi connectivity index (χ1n) is 5.29. The van der Waals surface area contributed by atoms with Crippen LogP contribution in [-0.4, -0.2) is 0 Å². The predicted octanol–water partition coefficient (Wildman–Crippen LogP) is 3.95. The van der Waals surface area contributed by atoms with Crippen LogP contribution in [0.3, 0.4) is 0 Å². The molecule has 0 spiro atoms. The van der Waals surface area contributed by atoms with Crippen LogP contribution in [0.1, 0.15) is 37.3 Å². The highest BCUT2D eigenvalue weighted by molar-refractivity contribution is 6.31. The zero-order chi connectivity index (χ0) is 9.97. The molecule has 15 heavy (non-hydrogen) atoms. The molecule has 0 amide bonds. The van der Waals surface area contributed by atoms with Gasteiger partial charge in [0.25, 0.3) is 0 Å². The number of rotatable bonds is 2. The second-order valence-corrected chi connectivity index (χ2v) is 4.50. The van der Waals surface area contributed by atoms with E-state index in [-0.39, 0.29) is 18.4 Å². The fraction of sp³-hybridized carbons (Fsp3) is 0.500. The monoisotopic (exact) mass is 245 g/mol. The summed E-state index contributed by atoms with van der Waals surface area (Å²) in [7, 11) is 0. The molecule has 0 bridgehead atoms. The van der Waals surface area contributed by atoms with Gasteiger partial charge in [0.2, 0.25) is 0 Å². The maximum Gasteiger partial charge on any atom is 0.0453 e. The number of benzene rings is 1. The SMILES string of the molecule is Cl.N[C@@H](c1ccccc1Cl)C1CCCC1. The van der Waals surface area contributed by atoms with Crippen molar-refractivity contribution in [2.24, 2.45) is 11.7 Å². The van der Waals surface area contributed by atoms with E-state index in [9.17, 15) is 0 Å². The molecule has 1 aliphatic rings. The second-order valence-electron chi connectivity index (χ2n) is 4.09. The van der Waals surface area contributed by atoms with E-state index in [0.29, 0.717) is 5.92 Å². The van der Waals surface area contributed by atoms with Crippen molar-refractivity contribution in [2.75, 3.05) is 0 Å². The van der Waals surface area contributed by atoms with Gasteiger partial charge in [0.1, 0.15) is 0 Å². The standard InChI is InChI=1S/C12H16ClN.ClH/c13-11-8-4-3-7-10(11)12(14)9-5-1-2-6-9;/h3-4,7-9,12H,1-2,5-6,14H2;1H/t12-;/m1./s1. The summed E-state index contributed by atoms with van der Waals surface area (Å²) < 4.78 is 0. The molecule has 0 heterocycles. The van der Waals surface area contributed by atoms with Gasteiger partial charge in [-0.25, -0.2) is 0 Å². The first kappa shape index (κ1) is 12.8. The lowest BCUT2D eigenvalue weighted by atomic mass is 9.92. The van der Waals surface area contributed by atoms with Gasteiger partial charge in [-0.1, -0.05) is 42.6 Å². The van der Waals surface area contributed by atoms with Crippen LogP contribution in [0.25, 0.3) is 0 Å². The van der Waals surface area contributed by atoms with Crippen LogP contribution in [0.15, 0.2) is 24.3 Å². The first-order chi connectivity index (χ1) is 6.79. The Hall–Kier alpha value is -0.240. The van der Waals surface area contributed by atoms with Gasteiger partial charge in [-0.3, -0.25) is 0 Å². The molecule has 1 fully saturated rings. The summed E-state index contributed by atoms with van der Waals surface area (Å²) in [5.41, 5.74) is 7.33. The third kappa shape index (κ3) is 2.87. The molecule has 1 atom stereocenters. The Morgan fingerprint density at radius 1 is 1.20 bits per heavy atom. The van der Waals surface area contributed by atoms with Crippen molar-refractivity contribution < 1.29 is 0 Å². The Morgan fingerprint density at radius 2 is 1.80 bits per heavy atom. The molecule has 0 aliphatic heterocycles. The summed E-state index contributed by atoms with van der Waals surface area (Å²) in [6.07, 6.45) is 5.16. The fourth-order valence-electron chi connectivity index (χ4n) is 2.32. The Morgan fingerprint density at radius 3 is 2.40 bits per heavy atom. The van der Waals surface area contributed by atoms with Crippen molar-refractivity contribution >= 4 is 24.0 Å². The molecule has 0 radical (unpaired) electrons. The zero-order valence-electron chi connectivity index (χ0n) is 8.66. The predicted molar refractivity (Wildman–Crippen MR) is 67.6 cm³/mol.